The van der Waals surface area contributed by atoms with Crippen molar-refractivity contribution in [1.82, 2.24) is 9.38 Å². The molecule has 0 aliphatic heterocycles. The van der Waals surface area contributed by atoms with E-state index in [0.29, 0.717) is 0 Å². The molecule has 0 saturated carbocycles. The summed E-state index contributed by atoms with van der Waals surface area (Å²) in [7, 11) is 0. The number of hydrogen-bond acceptors (Lipinski definition) is 4. The summed E-state index contributed by atoms with van der Waals surface area (Å²) in [5.41, 5.74) is 2.41. The van der Waals surface area contributed by atoms with Crippen LogP contribution in [0.1, 0.15) is 11.4 Å². The molecule has 0 unspecified atom stereocenters. The maximum atomic E-state index is 10.7. The van der Waals surface area contributed by atoms with Crippen molar-refractivity contribution >= 4 is 28.3 Å². The third kappa shape index (κ3) is 1.96. The van der Waals surface area contributed by atoms with Crippen LogP contribution < -0.4 is 0 Å². The summed E-state index contributed by atoms with van der Waals surface area (Å²) in [5, 5.41) is 10.7. The first kappa shape index (κ1) is 11.7. The molecule has 5 nitrogen and oxygen atoms in total. The number of hydrogen-bond donors (Lipinski definition) is 1. The molecule has 3 rings (SSSR count). The fourth-order valence-electron chi connectivity index (χ4n) is 1.93. The SMILES string of the molecule is Cc1nc2scc(-c3ccco3)n2c1/C=C/C(=O)O. The highest BCUT2D eigenvalue weighted by molar-refractivity contribution is 7.15. The summed E-state index contributed by atoms with van der Waals surface area (Å²) in [6, 6.07) is 3.68. The lowest BCUT2D eigenvalue weighted by molar-refractivity contribution is -0.131. The Balaban J connectivity index is 2.23. The number of rotatable bonds is 3. The van der Waals surface area contributed by atoms with Crippen molar-refractivity contribution in [3.63, 3.8) is 0 Å². The number of aliphatic carboxylic acids is 1. The van der Waals surface area contributed by atoms with Gasteiger partial charge >= 0.3 is 5.97 Å². The van der Waals surface area contributed by atoms with Gasteiger partial charge in [-0.3, -0.25) is 4.40 Å². The molecule has 0 saturated heterocycles. The van der Waals surface area contributed by atoms with Crippen LogP contribution in [-0.4, -0.2) is 20.5 Å². The average Bonchev–Trinajstić information content (AvgIpc) is 3.02. The number of aryl methyl sites for hydroxylation is 1. The van der Waals surface area contributed by atoms with Crippen LogP contribution >= 0.6 is 11.3 Å². The molecule has 0 aliphatic carbocycles. The normalized spacial score (nSPS) is 11.6. The van der Waals surface area contributed by atoms with Gasteiger partial charge in [0.2, 0.25) is 0 Å². The van der Waals surface area contributed by atoms with Crippen LogP contribution in [0, 0.1) is 6.92 Å². The standard InChI is InChI=1S/C13H10N2O3S/c1-8-9(4-5-12(16)17)15-10(7-19-13(15)14-8)11-3-2-6-18-11/h2-7H,1H3,(H,16,17)/b5-4+. The van der Waals surface area contributed by atoms with E-state index >= 15 is 0 Å². The third-order valence-electron chi connectivity index (χ3n) is 2.74. The van der Waals surface area contributed by atoms with Gasteiger partial charge in [-0.15, -0.1) is 11.3 Å². The lowest BCUT2D eigenvalue weighted by Crippen LogP contribution is -1.91. The molecule has 1 N–H and O–H groups in total. The largest absolute Gasteiger partial charge is 0.478 e. The van der Waals surface area contributed by atoms with Gasteiger partial charge in [0.1, 0.15) is 5.69 Å². The molecule has 96 valence electrons. The van der Waals surface area contributed by atoms with E-state index in [9.17, 15) is 4.79 Å². The fraction of sp³-hybridized carbons (Fsp3) is 0.0769. The molecule has 3 heterocycles. The van der Waals surface area contributed by atoms with Gasteiger partial charge in [-0.05, 0) is 25.1 Å². The summed E-state index contributed by atoms with van der Waals surface area (Å²) in [5.74, 6) is -0.252. The smallest absolute Gasteiger partial charge is 0.328 e. The first-order chi connectivity index (χ1) is 9.16. The first-order valence-electron chi connectivity index (χ1n) is 5.58. The lowest BCUT2D eigenvalue weighted by Gasteiger charge is -1.98. The second kappa shape index (κ2) is 4.40. The van der Waals surface area contributed by atoms with Crippen molar-refractivity contribution < 1.29 is 14.3 Å². The maximum Gasteiger partial charge on any atom is 0.328 e. The number of thiazole rings is 1. The Morgan fingerprint density at radius 3 is 3.11 bits per heavy atom. The van der Waals surface area contributed by atoms with Crippen LogP contribution in [0.2, 0.25) is 0 Å². The lowest BCUT2D eigenvalue weighted by atomic mass is 10.3. The van der Waals surface area contributed by atoms with Crippen LogP contribution in [0.25, 0.3) is 22.5 Å². The molecule has 3 aromatic heterocycles. The number of aromatic nitrogens is 2. The van der Waals surface area contributed by atoms with Crippen LogP contribution in [-0.2, 0) is 4.79 Å². The summed E-state index contributed by atoms with van der Waals surface area (Å²) in [4.78, 5) is 15.9. The van der Waals surface area contributed by atoms with Gasteiger partial charge < -0.3 is 9.52 Å². The predicted octanol–water partition coefficient (Wildman–Crippen LogP) is 3.06. The molecule has 0 fully saturated rings. The summed E-state index contributed by atoms with van der Waals surface area (Å²) in [6.07, 6.45) is 4.27. The number of imidazole rings is 1. The fourth-order valence-corrected chi connectivity index (χ4v) is 2.86. The van der Waals surface area contributed by atoms with E-state index in [-0.39, 0.29) is 0 Å². The number of nitrogens with zero attached hydrogens (tertiary/aromatic N) is 2. The highest BCUT2D eigenvalue weighted by Gasteiger charge is 2.15. The van der Waals surface area contributed by atoms with Crippen LogP contribution in [0.3, 0.4) is 0 Å². The Bertz CT molecular complexity index is 765. The highest BCUT2D eigenvalue weighted by atomic mass is 32.1. The number of fused-ring (bicyclic) bond motifs is 1. The third-order valence-corrected chi connectivity index (χ3v) is 3.57. The monoisotopic (exact) mass is 274 g/mol. The Kier molecular flexibility index (Phi) is 2.72. The molecule has 0 atom stereocenters. The molecular weight excluding hydrogens is 264 g/mol. The van der Waals surface area contributed by atoms with E-state index in [0.717, 1.165) is 33.9 Å². The van der Waals surface area contributed by atoms with Crippen LogP contribution in [0.4, 0.5) is 0 Å². The van der Waals surface area contributed by atoms with Crippen LogP contribution in [0.15, 0.2) is 34.3 Å². The van der Waals surface area contributed by atoms with Crippen molar-refractivity contribution in [2.75, 3.05) is 0 Å². The molecule has 19 heavy (non-hydrogen) atoms. The van der Waals surface area contributed by atoms with E-state index in [1.54, 1.807) is 12.3 Å². The molecule has 0 spiro atoms. The Hall–Kier alpha value is -2.34. The number of carboxylic acids is 1. The summed E-state index contributed by atoms with van der Waals surface area (Å²) >= 11 is 1.49. The number of carbonyl (C=O) groups is 1. The minimum atomic E-state index is -0.982. The molecule has 0 amide bonds. The van der Waals surface area contributed by atoms with Crippen molar-refractivity contribution in [2.45, 2.75) is 6.92 Å². The van der Waals surface area contributed by atoms with Crippen molar-refractivity contribution in [3.05, 3.63) is 41.2 Å². The quantitative estimate of drug-likeness (QED) is 0.745. The van der Waals surface area contributed by atoms with Crippen molar-refractivity contribution in [3.8, 4) is 11.5 Å². The number of carboxylic acid groups (broad SMARTS) is 1. The zero-order valence-electron chi connectivity index (χ0n) is 10.0. The highest BCUT2D eigenvalue weighted by Crippen LogP contribution is 2.29. The van der Waals surface area contributed by atoms with Gasteiger partial charge in [0.15, 0.2) is 10.7 Å². The Morgan fingerprint density at radius 1 is 1.58 bits per heavy atom. The maximum absolute atomic E-state index is 10.7. The van der Waals surface area contributed by atoms with E-state index in [1.165, 1.54) is 11.3 Å². The Morgan fingerprint density at radius 2 is 2.42 bits per heavy atom. The van der Waals surface area contributed by atoms with E-state index in [4.69, 9.17) is 9.52 Å². The molecule has 0 bridgehead atoms. The Labute approximate surface area is 112 Å². The average molecular weight is 274 g/mol. The van der Waals surface area contributed by atoms with E-state index in [2.05, 4.69) is 4.98 Å². The minimum absolute atomic E-state index is 0.730. The molecule has 3 aromatic rings. The zero-order valence-corrected chi connectivity index (χ0v) is 10.8. The second-order valence-electron chi connectivity index (χ2n) is 3.97. The zero-order chi connectivity index (χ0) is 13.4. The number of furan rings is 1. The van der Waals surface area contributed by atoms with E-state index in [1.807, 2.05) is 28.8 Å². The van der Waals surface area contributed by atoms with Gasteiger partial charge in [-0.2, -0.15) is 0 Å². The van der Waals surface area contributed by atoms with Gasteiger partial charge in [-0.1, -0.05) is 0 Å². The van der Waals surface area contributed by atoms with Gasteiger partial charge in [0.05, 0.1) is 17.7 Å². The van der Waals surface area contributed by atoms with Crippen LogP contribution in [0.5, 0.6) is 0 Å². The second-order valence-corrected chi connectivity index (χ2v) is 4.81. The molecular formula is C13H10N2O3S. The molecule has 0 aromatic carbocycles. The molecule has 0 radical (unpaired) electrons. The summed E-state index contributed by atoms with van der Waals surface area (Å²) < 4.78 is 7.29. The van der Waals surface area contributed by atoms with Gasteiger partial charge in [0.25, 0.3) is 0 Å². The molecule has 0 aliphatic rings. The summed E-state index contributed by atoms with van der Waals surface area (Å²) in [6.45, 7) is 1.85. The van der Waals surface area contributed by atoms with Crippen molar-refractivity contribution in [2.24, 2.45) is 0 Å². The van der Waals surface area contributed by atoms with Crippen molar-refractivity contribution in [1.29, 1.82) is 0 Å². The van der Waals surface area contributed by atoms with E-state index < -0.39 is 5.97 Å². The minimum Gasteiger partial charge on any atom is -0.478 e. The first-order valence-corrected chi connectivity index (χ1v) is 6.46. The topological polar surface area (TPSA) is 67.7 Å². The van der Waals surface area contributed by atoms with Gasteiger partial charge in [0, 0.05) is 11.5 Å². The molecule has 6 heteroatoms. The van der Waals surface area contributed by atoms with Gasteiger partial charge in [-0.25, -0.2) is 9.78 Å². The predicted molar refractivity (Wildman–Crippen MR) is 72.2 cm³/mol.